The van der Waals surface area contributed by atoms with Crippen LogP contribution in [-0.2, 0) is 0 Å². The van der Waals surface area contributed by atoms with Gasteiger partial charge in [-0.1, -0.05) is 18.2 Å². The highest BCUT2D eigenvalue weighted by Gasteiger charge is 2.27. The molecule has 0 amide bonds. The lowest BCUT2D eigenvalue weighted by molar-refractivity contribution is 0.509. The van der Waals surface area contributed by atoms with Gasteiger partial charge in [-0.15, -0.1) is 0 Å². The largest absolute Gasteiger partial charge is 0.440 e. The molecule has 0 fully saturated rings. The average Bonchev–Trinajstić information content (AvgIpc) is 3.00. The van der Waals surface area contributed by atoms with Gasteiger partial charge < -0.3 is 9.73 Å². The third-order valence-electron chi connectivity index (χ3n) is 3.50. The summed E-state index contributed by atoms with van der Waals surface area (Å²) in [5, 5.41) is 3.33. The van der Waals surface area contributed by atoms with Crippen molar-refractivity contribution in [1.82, 2.24) is 4.98 Å². The lowest BCUT2D eigenvalue weighted by Gasteiger charge is -2.04. The standard InChI is InChI=1S/C15H11FN2O/c16-9-5-6-13-14(7-9)19-15(18-13)11-8-17-12-4-2-1-3-10(11)12/h1-7,11,17H,8H2. The van der Waals surface area contributed by atoms with Crippen molar-refractivity contribution >= 4 is 16.8 Å². The zero-order valence-electron chi connectivity index (χ0n) is 10.1. The molecule has 0 radical (unpaired) electrons. The van der Waals surface area contributed by atoms with Crippen molar-refractivity contribution in [3.63, 3.8) is 0 Å². The van der Waals surface area contributed by atoms with Crippen LogP contribution in [0.2, 0.25) is 0 Å². The molecule has 0 saturated heterocycles. The zero-order valence-corrected chi connectivity index (χ0v) is 10.1. The number of hydrogen-bond acceptors (Lipinski definition) is 3. The van der Waals surface area contributed by atoms with Crippen LogP contribution in [0.15, 0.2) is 46.9 Å². The smallest absolute Gasteiger partial charge is 0.204 e. The molecule has 1 aromatic heterocycles. The summed E-state index contributed by atoms with van der Waals surface area (Å²) in [4.78, 5) is 4.46. The lowest BCUT2D eigenvalue weighted by atomic mass is 10.0. The summed E-state index contributed by atoms with van der Waals surface area (Å²) in [7, 11) is 0. The fourth-order valence-electron chi connectivity index (χ4n) is 2.57. The second kappa shape index (κ2) is 3.82. The molecule has 1 aliphatic heterocycles. The minimum Gasteiger partial charge on any atom is -0.440 e. The van der Waals surface area contributed by atoms with Crippen molar-refractivity contribution in [2.75, 3.05) is 11.9 Å². The van der Waals surface area contributed by atoms with Gasteiger partial charge in [0.1, 0.15) is 11.3 Å². The molecule has 19 heavy (non-hydrogen) atoms. The molecule has 4 heteroatoms. The Morgan fingerprint density at radius 3 is 3.05 bits per heavy atom. The van der Waals surface area contributed by atoms with E-state index in [9.17, 15) is 4.39 Å². The Bertz CT molecular complexity index is 766. The molecule has 3 nitrogen and oxygen atoms in total. The second-order valence-electron chi connectivity index (χ2n) is 4.68. The molecule has 0 spiro atoms. The van der Waals surface area contributed by atoms with Gasteiger partial charge in [-0.25, -0.2) is 9.37 Å². The molecule has 0 bridgehead atoms. The predicted octanol–water partition coefficient (Wildman–Crippen LogP) is 3.52. The van der Waals surface area contributed by atoms with Gasteiger partial charge in [-0.3, -0.25) is 0 Å². The highest BCUT2D eigenvalue weighted by atomic mass is 19.1. The first-order valence-corrected chi connectivity index (χ1v) is 6.20. The summed E-state index contributed by atoms with van der Waals surface area (Å²) < 4.78 is 18.9. The summed E-state index contributed by atoms with van der Waals surface area (Å²) in [5.74, 6) is 0.421. The third kappa shape index (κ3) is 1.60. The Morgan fingerprint density at radius 1 is 1.21 bits per heavy atom. The van der Waals surface area contributed by atoms with Crippen LogP contribution >= 0.6 is 0 Å². The molecular formula is C15H11FN2O. The number of halogens is 1. The topological polar surface area (TPSA) is 38.1 Å². The van der Waals surface area contributed by atoms with Crippen LogP contribution in [0.3, 0.4) is 0 Å². The van der Waals surface area contributed by atoms with Gasteiger partial charge in [-0.05, 0) is 23.8 Å². The molecule has 4 rings (SSSR count). The minimum atomic E-state index is -0.305. The van der Waals surface area contributed by atoms with Crippen molar-refractivity contribution in [3.8, 4) is 0 Å². The Hall–Kier alpha value is -2.36. The van der Waals surface area contributed by atoms with Crippen LogP contribution in [0.1, 0.15) is 17.4 Å². The van der Waals surface area contributed by atoms with E-state index in [4.69, 9.17) is 4.42 Å². The van der Waals surface area contributed by atoms with Gasteiger partial charge in [0.2, 0.25) is 5.89 Å². The monoisotopic (exact) mass is 254 g/mol. The normalized spacial score (nSPS) is 17.4. The number of para-hydroxylation sites is 1. The highest BCUT2D eigenvalue weighted by molar-refractivity contribution is 5.73. The fraction of sp³-hybridized carbons (Fsp3) is 0.133. The van der Waals surface area contributed by atoms with E-state index >= 15 is 0 Å². The van der Waals surface area contributed by atoms with E-state index in [0.29, 0.717) is 17.0 Å². The maximum absolute atomic E-state index is 13.2. The number of nitrogens with zero attached hydrogens (tertiary/aromatic N) is 1. The van der Waals surface area contributed by atoms with E-state index in [2.05, 4.69) is 16.4 Å². The van der Waals surface area contributed by atoms with Crippen LogP contribution in [-0.4, -0.2) is 11.5 Å². The Labute approximate surface area is 109 Å². The Morgan fingerprint density at radius 2 is 2.11 bits per heavy atom. The van der Waals surface area contributed by atoms with Crippen LogP contribution in [0, 0.1) is 5.82 Å². The summed E-state index contributed by atoms with van der Waals surface area (Å²) >= 11 is 0. The Balaban J connectivity index is 1.83. The number of nitrogens with one attached hydrogen (secondary N) is 1. The molecule has 0 saturated carbocycles. The summed E-state index contributed by atoms with van der Waals surface area (Å²) in [5.41, 5.74) is 3.48. The molecule has 1 N–H and O–H groups in total. The molecular weight excluding hydrogens is 243 g/mol. The number of hydrogen-bond donors (Lipinski definition) is 1. The second-order valence-corrected chi connectivity index (χ2v) is 4.68. The van der Waals surface area contributed by atoms with E-state index in [0.717, 1.165) is 12.2 Å². The van der Waals surface area contributed by atoms with E-state index in [-0.39, 0.29) is 11.7 Å². The van der Waals surface area contributed by atoms with Crippen molar-refractivity contribution in [3.05, 3.63) is 59.7 Å². The first-order valence-electron chi connectivity index (χ1n) is 6.20. The number of fused-ring (bicyclic) bond motifs is 2. The van der Waals surface area contributed by atoms with E-state index < -0.39 is 0 Å². The number of anilines is 1. The molecule has 2 heterocycles. The zero-order chi connectivity index (χ0) is 12.8. The maximum atomic E-state index is 13.2. The number of rotatable bonds is 1. The first kappa shape index (κ1) is 10.6. The van der Waals surface area contributed by atoms with E-state index in [1.54, 1.807) is 6.07 Å². The van der Waals surface area contributed by atoms with Gasteiger partial charge in [0.05, 0.1) is 5.92 Å². The predicted molar refractivity (Wildman–Crippen MR) is 70.7 cm³/mol. The van der Waals surface area contributed by atoms with Crippen LogP contribution in [0.25, 0.3) is 11.1 Å². The SMILES string of the molecule is Fc1ccc2nc(C3CNc4ccccc43)oc2c1. The van der Waals surface area contributed by atoms with Crippen molar-refractivity contribution < 1.29 is 8.81 Å². The maximum Gasteiger partial charge on any atom is 0.204 e. The molecule has 0 aliphatic carbocycles. The lowest BCUT2D eigenvalue weighted by Crippen LogP contribution is -2.03. The van der Waals surface area contributed by atoms with Gasteiger partial charge in [0.15, 0.2) is 5.58 Å². The number of benzene rings is 2. The van der Waals surface area contributed by atoms with Gasteiger partial charge >= 0.3 is 0 Å². The molecule has 2 aromatic carbocycles. The van der Waals surface area contributed by atoms with E-state index in [1.807, 2.05) is 18.2 Å². The van der Waals surface area contributed by atoms with Crippen LogP contribution < -0.4 is 5.32 Å². The molecule has 3 aromatic rings. The summed E-state index contributed by atoms with van der Waals surface area (Å²) in [6.07, 6.45) is 0. The first-order chi connectivity index (χ1) is 9.31. The highest BCUT2D eigenvalue weighted by Crippen LogP contribution is 2.36. The van der Waals surface area contributed by atoms with Crippen LogP contribution in [0.4, 0.5) is 10.1 Å². The van der Waals surface area contributed by atoms with Gasteiger partial charge in [-0.2, -0.15) is 0 Å². The van der Waals surface area contributed by atoms with Crippen molar-refractivity contribution in [1.29, 1.82) is 0 Å². The van der Waals surface area contributed by atoms with Crippen molar-refractivity contribution in [2.24, 2.45) is 0 Å². The minimum absolute atomic E-state index is 0.0895. The molecule has 1 atom stereocenters. The summed E-state index contributed by atoms with van der Waals surface area (Å²) in [6, 6.07) is 12.5. The molecule has 1 unspecified atom stereocenters. The Kier molecular flexibility index (Phi) is 2.12. The fourth-order valence-corrected chi connectivity index (χ4v) is 2.57. The van der Waals surface area contributed by atoms with Crippen molar-refractivity contribution in [2.45, 2.75) is 5.92 Å². The quantitative estimate of drug-likeness (QED) is 0.722. The number of oxazole rings is 1. The third-order valence-corrected chi connectivity index (χ3v) is 3.50. The van der Waals surface area contributed by atoms with Gasteiger partial charge in [0.25, 0.3) is 0 Å². The van der Waals surface area contributed by atoms with Crippen LogP contribution in [0.5, 0.6) is 0 Å². The number of aromatic nitrogens is 1. The summed E-state index contributed by atoms with van der Waals surface area (Å²) in [6.45, 7) is 0.759. The average molecular weight is 254 g/mol. The molecule has 94 valence electrons. The van der Waals surface area contributed by atoms with E-state index in [1.165, 1.54) is 17.7 Å². The molecule has 1 aliphatic rings. The van der Waals surface area contributed by atoms with Gasteiger partial charge in [0, 0.05) is 18.3 Å².